The number of carbonyl (C=O) groups excluding carboxylic acids is 1. The quantitative estimate of drug-likeness (QED) is 0.707. The van der Waals surface area contributed by atoms with Crippen LogP contribution in [0.25, 0.3) is 0 Å². The van der Waals surface area contributed by atoms with Crippen LogP contribution in [0.2, 0.25) is 0 Å². The lowest BCUT2D eigenvalue weighted by molar-refractivity contribution is -0.120. The standard InChI is InChI=1S/C14H22N2OS/c1-12(18-2)8-9-15-11-14(17)16-10-13-6-4-3-5-7-13/h3-7,12,15H,8-11H2,1-2H3,(H,16,17). The van der Waals surface area contributed by atoms with Gasteiger partial charge in [-0.2, -0.15) is 11.8 Å². The molecule has 0 heterocycles. The van der Waals surface area contributed by atoms with Crippen molar-refractivity contribution >= 4 is 17.7 Å². The number of carbonyl (C=O) groups is 1. The van der Waals surface area contributed by atoms with Gasteiger partial charge in [-0.3, -0.25) is 4.79 Å². The summed E-state index contributed by atoms with van der Waals surface area (Å²) < 4.78 is 0. The van der Waals surface area contributed by atoms with Crippen LogP contribution < -0.4 is 10.6 Å². The lowest BCUT2D eigenvalue weighted by atomic mass is 10.2. The number of amides is 1. The van der Waals surface area contributed by atoms with E-state index in [9.17, 15) is 4.79 Å². The summed E-state index contributed by atoms with van der Waals surface area (Å²) in [6, 6.07) is 9.94. The third kappa shape index (κ3) is 6.67. The molecule has 0 aromatic heterocycles. The molecule has 3 nitrogen and oxygen atoms in total. The zero-order valence-electron chi connectivity index (χ0n) is 11.1. The van der Waals surface area contributed by atoms with Crippen molar-refractivity contribution in [1.82, 2.24) is 10.6 Å². The number of benzene rings is 1. The third-order valence-corrected chi connectivity index (χ3v) is 3.79. The SMILES string of the molecule is CSC(C)CCNCC(=O)NCc1ccccc1. The molecule has 1 aromatic carbocycles. The second-order valence-corrected chi connectivity index (χ2v) is 5.55. The van der Waals surface area contributed by atoms with Gasteiger partial charge in [0, 0.05) is 11.8 Å². The second-order valence-electron chi connectivity index (χ2n) is 4.27. The normalized spacial score (nSPS) is 12.1. The Bertz CT molecular complexity index is 343. The summed E-state index contributed by atoms with van der Waals surface area (Å²) in [5.41, 5.74) is 1.13. The molecule has 1 unspecified atom stereocenters. The van der Waals surface area contributed by atoms with Crippen LogP contribution in [0.15, 0.2) is 30.3 Å². The highest BCUT2D eigenvalue weighted by Crippen LogP contribution is 2.07. The van der Waals surface area contributed by atoms with Gasteiger partial charge in [0.25, 0.3) is 0 Å². The van der Waals surface area contributed by atoms with E-state index in [0.29, 0.717) is 18.3 Å². The van der Waals surface area contributed by atoms with Gasteiger partial charge in [0.05, 0.1) is 6.54 Å². The van der Waals surface area contributed by atoms with Crippen molar-refractivity contribution < 1.29 is 4.79 Å². The van der Waals surface area contributed by atoms with Crippen LogP contribution in [-0.2, 0) is 11.3 Å². The van der Waals surface area contributed by atoms with Gasteiger partial charge >= 0.3 is 0 Å². The Balaban J connectivity index is 2.07. The van der Waals surface area contributed by atoms with Crippen LogP contribution in [0.3, 0.4) is 0 Å². The summed E-state index contributed by atoms with van der Waals surface area (Å²) in [7, 11) is 0. The number of thioether (sulfide) groups is 1. The second kappa shape index (κ2) is 9.00. The highest BCUT2D eigenvalue weighted by Gasteiger charge is 2.02. The van der Waals surface area contributed by atoms with Gasteiger partial charge in [-0.05, 0) is 24.8 Å². The van der Waals surface area contributed by atoms with Gasteiger partial charge in [-0.25, -0.2) is 0 Å². The van der Waals surface area contributed by atoms with Gasteiger partial charge in [0.1, 0.15) is 0 Å². The molecule has 1 rings (SSSR count). The minimum atomic E-state index is 0.0515. The average molecular weight is 266 g/mol. The van der Waals surface area contributed by atoms with Crippen molar-refractivity contribution in [1.29, 1.82) is 0 Å². The van der Waals surface area contributed by atoms with E-state index < -0.39 is 0 Å². The molecule has 0 fully saturated rings. The molecule has 1 aromatic rings. The fraction of sp³-hybridized carbons (Fsp3) is 0.500. The van der Waals surface area contributed by atoms with Crippen molar-refractivity contribution in [2.24, 2.45) is 0 Å². The molecule has 1 amide bonds. The zero-order valence-corrected chi connectivity index (χ0v) is 11.9. The first kappa shape index (κ1) is 15.1. The molecule has 0 radical (unpaired) electrons. The highest BCUT2D eigenvalue weighted by atomic mass is 32.2. The van der Waals surface area contributed by atoms with Gasteiger partial charge in [-0.1, -0.05) is 37.3 Å². The first-order valence-corrected chi connectivity index (χ1v) is 7.55. The fourth-order valence-electron chi connectivity index (χ4n) is 1.48. The molecule has 2 N–H and O–H groups in total. The Morgan fingerprint density at radius 1 is 1.33 bits per heavy atom. The zero-order chi connectivity index (χ0) is 13.2. The molecule has 0 aliphatic rings. The fourth-order valence-corrected chi connectivity index (χ4v) is 1.84. The van der Waals surface area contributed by atoms with E-state index in [1.165, 1.54) is 0 Å². The first-order chi connectivity index (χ1) is 8.72. The topological polar surface area (TPSA) is 41.1 Å². The average Bonchev–Trinajstić information content (AvgIpc) is 2.42. The molecule has 4 heteroatoms. The molecule has 0 aliphatic carbocycles. The van der Waals surface area contributed by atoms with E-state index in [0.717, 1.165) is 18.5 Å². The van der Waals surface area contributed by atoms with Crippen molar-refractivity contribution in [3.8, 4) is 0 Å². The van der Waals surface area contributed by atoms with Crippen molar-refractivity contribution in [2.75, 3.05) is 19.3 Å². The predicted octanol–water partition coefficient (Wildman–Crippen LogP) is 2.03. The largest absolute Gasteiger partial charge is 0.351 e. The van der Waals surface area contributed by atoms with E-state index in [2.05, 4.69) is 23.8 Å². The molecular formula is C14H22N2OS. The van der Waals surface area contributed by atoms with Gasteiger partial charge < -0.3 is 10.6 Å². The van der Waals surface area contributed by atoms with Crippen molar-refractivity contribution in [3.05, 3.63) is 35.9 Å². The van der Waals surface area contributed by atoms with Crippen LogP contribution >= 0.6 is 11.8 Å². The third-order valence-electron chi connectivity index (χ3n) is 2.75. The van der Waals surface area contributed by atoms with E-state index >= 15 is 0 Å². The molecule has 18 heavy (non-hydrogen) atoms. The highest BCUT2D eigenvalue weighted by molar-refractivity contribution is 7.99. The molecule has 0 saturated carbocycles. The van der Waals surface area contributed by atoms with Crippen LogP contribution in [0.1, 0.15) is 18.9 Å². The smallest absolute Gasteiger partial charge is 0.234 e. The molecule has 100 valence electrons. The van der Waals surface area contributed by atoms with Gasteiger partial charge in [0.15, 0.2) is 0 Å². The van der Waals surface area contributed by atoms with E-state index in [1.807, 2.05) is 42.1 Å². The Hall–Kier alpha value is -1.00. The minimum Gasteiger partial charge on any atom is -0.351 e. The number of nitrogens with one attached hydrogen (secondary N) is 2. The van der Waals surface area contributed by atoms with Crippen molar-refractivity contribution in [3.63, 3.8) is 0 Å². The summed E-state index contributed by atoms with van der Waals surface area (Å²) in [5.74, 6) is 0.0515. The van der Waals surface area contributed by atoms with Crippen LogP contribution in [0, 0.1) is 0 Å². The molecule has 0 spiro atoms. The Morgan fingerprint density at radius 3 is 2.72 bits per heavy atom. The summed E-state index contributed by atoms with van der Waals surface area (Å²) in [5, 5.41) is 6.70. The van der Waals surface area contributed by atoms with Gasteiger partial charge in [-0.15, -0.1) is 0 Å². The van der Waals surface area contributed by atoms with E-state index in [-0.39, 0.29) is 5.91 Å². The Labute approximate surface area is 114 Å². The maximum Gasteiger partial charge on any atom is 0.234 e. The van der Waals surface area contributed by atoms with Crippen LogP contribution in [0.4, 0.5) is 0 Å². The number of hydrogen-bond acceptors (Lipinski definition) is 3. The van der Waals surface area contributed by atoms with E-state index in [1.54, 1.807) is 0 Å². The van der Waals surface area contributed by atoms with Gasteiger partial charge in [0.2, 0.25) is 5.91 Å². The molecule has 0 bridgehead atoms. The lowest BCUT2D eigenvalue weighted by Gasteiger charge is -2.09. The predicted molar refractivity (Wildman–Crippen MR) is 78.8 cm³/mol. The van der Waals surface area contributed by atoms with Crippen LogP contribution in [-0.4, -0.2) is 30.5 Å². The summed E-state index contributed by atoms with van der Waals surface area (Å²) in [6.07, 6.45) is 3.20. The van der Waals surface area contributed by atoms with E-state index in [4.69, 9.17) is 0 Å². The number of rotatable bonds is 8. The molecule has 0 saturated heterocycles. The Kier molecular flexibility index (Phi) is 7.53. The first-order valence-electron chi connectivity index (χ1n) is 6.26. The summed E-state index contributed by atoms with van der Waals surface area (Å²) >= 11 is 1.85. The maximum atomic E-state index is 11.6. The molecular weight excluding hydrogens is 244 g/mol. The van der Waals surface area contributed by atoms with Crippen LogP contribution in [0.5, 0.6) is 0 Å². The monoisotopic (exact) mass is 266 g/mol. The number of hydrogen-bond donors (Lipinski definition) is 2. The maximum absolute atomic E-state index is 11.6. The molecule has 1 atom stereocenters. The van der Waals surface area contributed by atoms with Crippen molar-refractivity contribution in [2.45, 2.75) is 25.1 Å². The summed E-state index contributed by atoms with van der Waals surface area (Å²) in [6.45, 7) is 4.08. The minimum absolute atomic E-state index is 0.0515. The summed E-state index contributed by atoms with van der Waals surface area (Å²) in [4.78, 5) is 11.6. The molecule has 0 aliphatic heterocycles. The lowest BCUT2D eigenvalue weighted by Crippen LogP contribution is -2.34. The Morgan fingerprint density at radius 2 is 2.06 bits per heavy atom.